The topological polar surface area (TPSA) is 94.4 Å². The molecule has 0 spiro atoms. The van der Waals surface area contributed by atoms with Gasteiger partial charge in [-0.25, -0.2) is 14.6 Å². The highest BCUT2D eigenvalue weighted by Gasteiger charge is 2.27. The van der Waals surface area contributed by atoms with Crippen molar-refractivity contribution in [2.75, 3.05) is 6.61 Å². The van der Waals surface area contributed by atoms with Crippen LogP contribution in [0.5, 0.6) is 11.5 Å². The maximum atomic E-state index is 12.6. The summed E-state index contributed by atoms with van der Waals surface area (Å²) in [6, 6.07) is 12.2. The minimum absolute atomic E-state index is 0.0926. The minimum atomic E-state index is -3.05. The molecule has 1 aliphatic heterocycles. The second-order valence-corrected chi connectivity index (χ2v) is 5.43. The summed E-state index contributed by atoms with van der Waals surface area (Å²) in [7, 11) is 0. The number of aliphatic carboxylic acids is 1. The van der Waals surface area contributed by atoms with Crippen LogP contribution in [0.25, 0.3) is 6.08 Å². The molecule has 0 radical (unpaired) electrons. The highest BCUT2D eigenvalue weighted by Crippen LogP contribution is 2.28. The molecular formula is C19H13F2NO6. The van der Waals surface area contributed by atoms with Gasteiger partial charge in [-0.3, -0.25) is 0 Å². The number of halogens is 2. The Hall–Kier alpha value is -3.75. The Bertz CT molecular complexity index is 970. The number of alkyl halides is 2. The third-order valence-electron chi connectivity index (χ3n) is 3.52. The summed E-state index contributed by atoms with van der Waals surface area (Å²) < 4.78 is 39.8. The predicted molar refractivity (Wildman–Crippen MR) is 93.3 cm³/mol. The van der Waals surface area contributed by atoms with Gasteiger partial charge in [0.1, 0.15) is 11.5 Å². The summed E-state index contributed by atoms with van der Waals surface area (Å²) in [6.45, 7) is -3.61. The molecule has 2 aromatic carbocycles. The van der Waals surface area contributed by atoms with E-state index in [4.69, 9.17) is 14.6 Å². The molecule has 0 fully saturated rings. The van der Waals surface area contributed by atoms with E-state index in [-0.39, 0.29) is 28.7 Å². The largest absolute Gasteiger partial charge is 0.481 e. The van der Waals surface area contributed by atoms with Crippen molar-refractivity contribution >= 4 is 23.9 Å². The van der Waals surface area contributed by atoms with Gasteiger partial charge in [0.05, 0.1) is 5.56 Å². The summed E-state index contributed by atoms with van der Waals surface area (Å²) in [5.74, 6) is -2.09. The summed E-state index contributed by atoms with van der Waals surface area (Å²) in [5, 5.41) is 8.74. The Morgan fingerprint density at radius 3 is 2.54 bits per heavy atom. The van der Waals surface area contributed by atoms with Gasteiger partial charge in [-0.1, -0.05) is 30.3 Å². The number of carbonyl (C=O) groups is 2. The fraction of sp³-hybridized carbons (Fsp3) is 0.105. The first-order chi connectivity index (χ1) is 13.4. The number of esters is 1. The van der Waals surface area contributed by atoms with E-state index in [1.54, 1.807) is 24.3 Å². The van der Waals surface area contributed by atoms with Gasteiger partial charge < -0.3 is 19.3 Å². The monoisotopic (exact) mass is 389 g/mol. The van der Waals surface area contributed by atoms with Gasteiger partial charge in [0.25, 0.3) is 0 Å². The van der Waals surface area contributed by atoms with Gasteiger partial charge in [-0.2, -0.15) is 8.78 Å². The normalized spacial score (nSPS) is 14.8. The molecule has 0 atom stereocenters. The smallest absolute Gasteiger partial charge is 0.387 e. The Labute approximate surface area is 157 Å². The minimum Gasteiger partial charge on any atom is -0.481 e. The highest BCUT2D eigenvalue weighted by molar-refractivity contribution is 6.13. The molecule has 1 heterocycles. The molecule has 1 N–H and O–H groups in total. The molecule has 28 heavy (non-hydrogen) atoms. The molecule has 0 saturated carbocycles. The quantitative estimate of drug-likeness (QED) is 0.578. The lowest BCUT2D eigenvalue weighted by atomic mass is 10.1. The summed E-state index contributed by atoms with van der Waals surface area (Å²) in [4.78, 5) is 26.9. The number of carboxylic acid groups (broad SMARTS) is 1. The van der Waals surface area contributed by atoms with E-state index in [2.05, 4.69) is 9.73 Å². The van der Waals surface area contributed by atoms with Gasteiger partial charge in [0, 0.05) is 5.56 Å². The summed E-state index contributed by atoms with van der Waals surface area (Å²) >= 11 is 0. The van der Waals surface area contributed by atoms with Crippen LogP contribution >= 0.6 is 0 Å². The lowest BCUT2D eigenvalue weighted by molar-refractivity contribution is -0.139. The van der Waals surface area contributed by atoms with E-state index < -0.39 is 25.2 Å². The first-order valence-corrected chi connectivity index (χ1v) is 7.94. The molecule has 0 aliphatic carbocycles. The van der Waals surface area contributed by atoms with Crippen LogP contribution in [-0.2, 0) is 14.3 Å². The van der Waals surface area contributed by atoms with Crippen molar-refractivity contribution < 1.29 is 37.7 Å². The summed E-state index contributed by atoms with van der Waals surface area (Å²) in [5.41, 5.74) is 0.390. The van der Waals surface area contributed by atoms with Gasteiger partial charge in [0.2, 0.25) is 5.90 Å². The zero-order valence-corrected chi connectivity index (χ0v) is 14.2. The third kappa shape index (κ3) is 4.50. The van der Waals surface area contributed by atoms with Crippen molar-refractivity contribution in [3.63, 3.8) is 0 Å². The van der Waals surface area contributed by atoms with Gasteiger partial charge in [-0.15, -0.1) is 0 Å². The van der Waals surface area contributed by atoms with Crippen LogP contribution in [0.4, 0.5) is 8.78 Å². The maximum Gasteiger partial charge on any atom is 0.387 e. The Morgan fingerprint density at radius 2 is 1.82 bits per heavy atom. The molecule has 1 aliphatic rings. The SMILES string of the molecule is O=C(O)COc1ccccc1/C=C1/N=C(c2ccccc2OC(F)F)OC1=O. The van der Waals surface area contributed by atoms with Crippen LogP contribution in [0.2, 0.25) is 0 Å². The van der Waals surface area contributed by atoms with Crippen LogP contribution in [0.1, 0.15) is 11.1 Å². The standard InChI is InChI=1S/C19H13F2NO6/c20-19(21)27-15-8-4-2-6-12(15)17-22-13(18(25)28-17)9-11-5-1-3-7-14(11)26-10-16(23)24/h1-9,19H,10H2,(H,23,24)/b13-9+. The van der Waals surface area contributed by atoms with E-state index in [0.29, 0.717) is 5.56 Å². The summed E-state index contributed by atoms with van der Waals surface area (Å²) in [6.07, 6.45) is 1.35. The molecular weight excluding hydrogens is 376 g/mol. The second-order valence-electron chi connectivity index (χ2n) is 5.43. The maximum absolute atomic E-state index is 12.6. The fourth-order valence-electron chi connectivity index (χ4n) is 2.38. The average Bonchev–Trinajstić information content (AvgIpc) is 3.01. The highest BCUT2D eigenvalue weighted by atomic mass is 19.3. The molecule has 0 saturated heterocycles. The van der Waals surface area contributed by atoms with Crippen LogP contribution in [0.15, 0.2) is 59.2 Å². The third-order valence-corrected chi connectivity index (χ3v) is 3.52. The Kier molecular flexibility index (Phi) is 5.64. The van der Waals surface area contributed by atoms with Crippen LogP contribution in [-0.4, -0.2) is 36.2 Å². The Balaban J connectivity index is 1.92. The number of benzene rings is 2. The molecule has 3 rings (SSSR count). The second kappa shape index (κ2) is 8.30. The van der Waals surface area contributed by atoms with Crippen molar-refractivity contribution in [2.45, 2.75) is 6.61 Å². The first kappa shape index (κ1) is 19.0. The van der Waals surface area contributed by atoms with Crippen molar-refractivity contribution in [1.29, 1.82) is 0 Å². The molecule has 144 valence electrons. The molecule has 2 aromatic rings. The number of rotatable bonds is 7. The van der Waals surface area contributed by atoms with Crippen LogP contribution in [0.3, 0.4) is 0 Å². The number of cyclic esters (lactones) is 1. The van der Waals surface area contributed by atoms with E-state index in [1.807, 2.05) is 0 Å². The number of aliphatic imine (C=N–C) groups is 1. The van der Waals surface area contributed by atoms with Crippen molar-refractivity contribution in [2.24, 2.45) is 4.99 Å². The van der Waals surface area contributed by atoms with Crippen LogP contribution < -0.4 is 9.47 Å². The number of hydrogen-bond donors (Lipinski definition) is 1. The van der Waals surface area contributed by atoms with Crippen molar-refractivity contribution in [3.8, 4) is 11.5 Å². The molecule has 7 nitrogen and oxygen atoms in total. The molecule has 0 bridgehead atoms. The van der Waals surface area contributed by atoms with Crippen LogP contribution in [0, 0.1) is 0 Å². The zero-order chi connectivity index (χ0) is 20.1. The average molecular weight is 389 g/mol. The molecule has 0 amide bonds. The number of nitrogens with zero attached hydrogens (tertiary/aromatic N) is 1. The lowest BCUT2D eigenvalue weighted by Crippen LogP contribution is -2.10. The van der Waals surface area contributed by atoms with Gasteiger partial charge in [0.15, 0.2) is 12.3 Å². The van der Waals surface area contributed by atoms with E-state index in [9.17, 15) is 18.4 Å². The van der Waals surface area contributed by atoms with Gasteiger partial charge in [-0.05, 0) is 24.3 Å². The first-order valence-electron chi connectivity index (χ1n) is 7.94. The molecule has 0 aromatic heterocycles. The number of para-hydroxylation sites is 2. The zero-order valence-electron chi connectivity index (χ0n) is 14.2. The number of hydrogen-bond acceptors (Lipinski definition) is 6. The number of carboxylic acids is 1. The van der Waals surface area contributed by atoms with Crippen molar-refractivity contribution in [3.05, 3.63) is 65.4 Å². The van der Waals surface area contributed by atoms with Gasteiger partial charge >= 0.3 is 18.6 Å². The fourth-order valence-corrected chi connectivity index (χ4v) is 2.38. The number of ether oxygens (including phenoxy) is 3. The van der Waals surface area contributed by atoms with E-state index >= 15 is 0 Å². The van der Waals surface area contributed by atoms with E-state index in [0.717, 1.165) is 0 Å². The van der Waals surface area contributed by atoms with E-state index in [1.165, 1.54) is 30.3 Å². The molecule has 0 unspecified atom stereocenters. The molecule has 9 heteroatoms. The Morgan fingerprint density at radius 1 is 1.14 bits per heavy atom. The van der Waals surface area contributed by atoms with Crippen molar-refractivity contribution in [1.82, 2.24) is 0 Å². The predicted octanol–water partition coefficient (Wildman–Crippen LogP) is 3.10. The number of carbonyl (C=O) groups excluding carboxylic acids is 1. The lowest BCUT2D eigenvalue weighted by Gasteiger charge is -2.08.